The molecule has 2 fully saturated rings. The predicted octanol–water partition coefficient (Wildman–Crippen LogP) is 0.644. The van der Waals surface area contributed by atoms with Gasteiger partial charge in [0.1, 0.15) is 36.4 Å². The summed E-state index contributed by atoms with van der Waals surface area (Å²) < 4.78 is 13.7. The summed E-state index contributed by atoms with van der Waals surface area (Å²) in [5, 5.41) is 17.7. The lowest BCUT2D eigenvalue weighted by molar-refractivity contribution is -0.158. The number of para-hydroxylation sites is 1. The second kappa shape index (κ2) is 8.77. The average Bonchev–Trinajstić information content (AvgIpc) is 3.40. The molecule has 1 unspecified atom stereocenters. The fourth-order valence-electron chi connectivity index (χ4n) is 6.35. The highest BCUT2D eigenvalue weighted by atomic mass is 16.6. The van der Waals surface area contributed by atoms with Crippen LogP contribution in [0.1, 0.15) is 19.8 Å². The largest absolute Gasteiger partial charge is 0.461 e. The van der Waals surface area contributed by atoms with Crippen LogP contribution in [0.25, 0.3) is 11.0 Å². The molecule has 0 radical (unpaired) electrons. The number of hydrogen-bond acceptors (Lipinski definition) is 8. The summed E-state index contributed by atoms with van der Waals surface area (Å²) in [4.78, 5) is 44.5. The van der Waals surface area contributed by atoms with Gasteiger partial charge in [-0.1, -0.05) is 35.6 Å². The first-order chi connectivity index (χ1) is 17.9. The number of rotatable bonds is 6. The van der Waals surface area contributed by atoms with Crippen molar-refractivity contribution < 1.29 is 29.0 Å². The zero-order valence-corrected chi connectivity index (χ0v) is 20.5. The lowest BCUT2D eigenvalue weighted by Crippen LogP contribution is -2.56. The molecule has 11 heteroatoms. The monoisotopic (exact) mass is 507 g/mol. The number of aromatic nitrogens is 3. The van der Waals surface area contributed by atoms with Crippen LogP contribution in [0, 0.1) is 11.8 Å². The topological polar surface area (TPSA) is 127 Å². The first-order valence-corrected chi connectivity index (χ1v) is 12.6. The average molecular weight is 508 g/mol. The number of aliphatic hydroxyl groups is 1. The lowest BCUT2D eigenvalue weighted by atomic mass is 9.75. The van der Waals surface area contributed by atoms with Gasteiger partial charge in [0.25, 0.3) is 5.91 Å². The van der Waals surface area contributed by atoms with E-state index in [2.05, 4.69) is 10.3 Å². The van der Waals surface area contributed by atoms with Crippen LogP contribution in [0.3, 0.4) is 0 Å². The molecule has 194 valence electrons. The molecule has 6 rings (SSSR count). The number of nitrogens with zero attached hydrogens (tertiary/aromatic N) is 5. The molecular weight excluding hydrogens is 478 g/mol. The molecule has 37 heavy (non-hydrogen) atoms. The normalized spacial score (nSPS) is 32.8. The molecule has 0 aliphatic carbocycles. The third-order valence-electron chi connectivity index (χ3n) is 7.93. The predicted molar refractivity (Wildman–Crippen MR) is 130 cm³/mol. The van der Waals surface area contributed by atoms with Gasteiger partial charge in [-0.15, -0.1) is 5.10 Å². The van der Waals surface area contributed by atoms with Gasteiger partial charge in [-0.3, -0.25) is 14.4 Å². The second-order valence-electron chi connectivity index (χ2n) is 10.2. The molecule has 0 bridgehead atoms. The molecule has 1 N–H and O–H groups in total. The van der Waals surface area contributed by atoms with Crippen molar-refractivity contribution in [1.82, 2.24) is 24.8 Å². The van der Waals surface area contributed by atoms with Gasteiger partial charge in [0.2, 0.25) is 5.91 Å². The van der Waals surface area contributed by atoms with Gasteiger partial charge >= 0.3 is 5.97 Å². The maximum absolute atomic E-state index is 14.2. The van der Waals surface area contributed by atoms with E-state index in [0.29, 0.717) is 12.8 Å². The summed E-state index contributed by atoms with van der Waals surface area (Å²) >= 11 is 0. The molecule has 11 nitrogen and oxygen atoms in total. The Morgan fingerprint density at radius 2 is 1.92 bits per heavy atom. The number of carbonyl (C=O) groups is 3. The number of likely N-dealkylation sites (tertiary alicyclic amines) is 1. The van der Waals surface area contributed by atoms with Gasteiger partial charge in [-0.05, 0) is 38.0 Å². The molecule has 4 aliphatic heterocycles. The molecule has 1 spiro atoms. The number of carbonyl (C=O) groups excluding carboxylic acids is 3. The molecule has 4 aliphatic rings. The molecule has 2 saturated heterocycles. The van der Waals surface area contributed by atoms with Crippen molar-refractivity contribution in [1.29, 1.82) is 0 Å². The number of benzene rings is 1. The fourth-order valence-corrected chi connectivity index (χ4v) is 6.35. The van der Waals surface area contributed by atoms with Gasteiger partial charge in [-0.25, -0.2) is 4.68 Å². The summed E-state index contributed by atoms with van der Waals surface area (Å²) in [5.74, 6) is -2.89. The Morgan fingerprint density at radius 1 is 1.08 bits per heavy atom. The van der Waals surface area contributed by atoms with Crippen molar-refractivity contribution in [2.24, 2.45) is 11.8 Å². The maximum Gasteiger partial charge on any atom is 0.313 e. The van der Waals surface area contributed by atoms with E-state index in [4.69, 9.17) is 9.47 Å². The molecule has 1 aromatic carbocycles. The molecule has 2 amide bonds. The van der Waals surface area contributed by atoms with Crippen LogP contribution in [0.5, 0.6) is 0 Å². The van der Waals surface area contributed by atoms with E-state index < -0.39 is 35.0 Å². The first-order valence-electron chi connectivity index (χ1n) is 12.6. The van der Waals surface area contributed by atoms with Crippen LogP contribution >= 0.6 is 0 Å². The number of unbranched alkanes of at least 4 members (excludes halogenated alkanes) is 1. The number of fused-ring (bicyclic) bond motifs is 3. The van der Waals surface area contributed by atoms with Crippen LogP contribution in [-0.4, -0.2) is 91.2 Å². The maximum atomic E-state index is 14.2. The van der Waals surface area contributed by atoms with Crippen LogP contribution in [0.2, 0.25) is 0 Å². The molecule has 5 atom stereocenters. The van der Waals surface area contributed by atoms with Gasteiger partial charge in [0.05, 0.1) is 17.0 Å². The Kier molecular flexibility index (Phi) is 5.64. The highest BCUT2D eigenvalue weighted by molar-refractivity contribution is 5.99. The van der Waals surface area contributed by atoms with Crippen molar-refractivity contribution in [3.63, 3.8) is 0 Å². The number of amides is 2. The summed E-state index contributed by atoms with van der Waals surface area (Å²) in [6.45, 7) is 2.55. The fraction of sp³-hybridized carbons (Fsp3) is 0.500. The minimum Gasteiger partial charge on any atom is -0.461 e. The first kappa shape index (κ1) is 23.8. The smallest absolute Gasteiger partial charge is 0.313 e. The third kappa shape index (κ3) is 3.51. The van der Waals surface area contributed by atoms with E-state index in [9.17, 15) is 19.5 Å². The van der Waals surface area contributed by atoms with Crippen LogP contribution in [-0.2, 0) is 30.5 Å². The van der Waals surface area contributed by atoms with Crippen molar-refractivity contribution in [3.05, 3.63) is 48.6 Å². The Labute approximate surface area is 213 Å². The number of esters is 1. The number of hydrogen-bond donors (Lipinski definition) is 1. The van der Waals surface area contributed by atoms with E-state index >= 15 is 0 Å². The Hall–Kier alpha value is -3.57. The SMILES string of the molecule is C[C@]12C=CCOC(=O)[C@H]1[C@H]1C(=O)N(CCCCO)C3C(=O)N(Cn4nnc5ccccc54)CC=C[C@@]31O2. The van der Waals surface area contributed by atoms with E-state index in [0.717, 1.165) is 11.0 Å². The zero-order valence-electron chi connectivity index (χ0n) is 20.5. The standard InChI is InChI=1S/C26H29N5O6/c1-25-10-7-15-36-24(35)20(25)19-22(33)30(13-4-5-14-32)21-23(34)29(12-6-11-26(19,21)37-25)16-31-18-9-3-2-8-17(18)27-28-31/h2-3,6-11,19-21,32H,4-5,12-16H2,1H3/t19-,20+,21?,25-,26-/m0/s1. The van der Waals surface area contributed by atoms with E-state index in [-0.39, 0.29) is 44.8 Å². The minimum absolute atomic E-state index is 0.0189. The molecular formula is C26H29N5O6. The highest BCUT2D eigenvalue weighted by Gasteiger charge is 2.74. The van der Waals surface area contributed by atoms with Gasteiger partial charge in [0, 0.05) is 19.7 Å². The summed E-state index contributed by atoms with van der Waals surface area (Å²) in [5.41, 5.74) is -0.910. The molecule has 2 aromatic rings. The van der Waals surface area contributed by atoms with Gasteiger partial charge in [0.15, 0.2) is 0 Å². The van der Waals surface area contributed by atoms with Crippen molar-refractivity contribution >= 4 is 28.8 Å². The van der Waals surface area contributed by atoms with Gasteiger partial charge < -0.3 is 24.4 Å². The highest BCUT2D eigenvalue weighted by Crippen LogP contribution is 2.57. The zero-order chi connectivity index (χ0) is 25.8. The Bertz CT molecular complexity index is 1320. The lowest BCUT2D eigenvalue weighted by Gasteiger charge is -2.37. The van der Waals surface area contributed by atoms with Crippen molar-refractivity contribution in [3.8, 4) is 0 Å². The second-order valence-corrected chi connectivity index (χ2v) is 10.2. The van der Waals surface area contributed by atoms with Gasteiger partial charge in [-0.2, -0.15) is 0 Å². The summed E-state index contributed by atoms with van der Waals surface area (Å²) in [6.07, 6.45) is 8.12. The van der Waals surface area contributed by atoms with E-state index in [1.54, 1.807) is 34.7 Å². The molecule has 1 aromatic heterocycles. The quantitative estimate of drug-likeness (QED) is 0.343. The van der Waals surface area contributed by atoms with Crippen LogP contribution < -0.4 is 0 Å². The van der Waals surface area contributed by atoms with E-state index in [1.807, 2.05) is 30.3 Å². The van der Waals surface area contributed by atoms with Crippen LogP contribution in [0.15, 0.2) is 48.6 Å². The summed E-state index contributed by atoms with van der Waals surface area (Å²) in [6, 6.07) is 6.53. The Morgan fingerprint density at radius 3 is 2.76 bits per heavy atom. The van der Waals surface area contributed by atoms with E-state index in [1.165, 1.54) is 4.90 Å². The summed E-state index contributed by atoms with van der Waals surface area (Å²) in [7, 11) is 0. The Balaban J connectivity index is 1.41. The molecule has 5 heterocycles. The number of aliphatic hydroxyl groups excluding tert-OH is 1. The third-order valence-corrected chi connectivity index (χ3v) is 7.93. The molecule has 0 saturated carbocycles. The van der Waals surface area contributed by atoms with Crippen molar-refractivity contribution in [2.75, 3.05) is 26.3 Å². The van der Waals surface area contributed by atoms with Crippen LogP contribution in [0.4, 0.5) is 0 Å². The number of cyclic esters (lactones) is 1. The van der Waals surface area contributed by atoms with Crippen molar-refractivity contribution in [2.45, 2.75) is 43.7 Å². The minimum atomic E-state index is -1.33. The number of ether oxygens (including phenoxy) is 2.